The first kappa shape index (κ1) is 15.9. The van der Waals surface area contributed by atoms with Gasteiger partial charge in [0, 0.05) is 29.8 Å². The van der Waals surface area contributed by atoms with Crippen LogP contribution in [0.25, 0.3) is 10.9 Å². The highest BCUT2D eigenvalue weighted by Gasteiger charge is 2.19. The quantitative estimate of drug-likeness (QED) is 0.924. The van der Waals surface area contributed by atoms with Crippen molar-refractivity contribution in [1.82, 2.24) is 10.3 Å². The lowest BCUT2D eigenvalue weighted by atomic mass is 9.94. The molecule has 24 heavy (non-hydrogen) atoms. The molecule has 0 spiro atoms. The van der Waals surface area contributed by atoms with E-state index in [2.05, 4.69) is 5.32 Å². The second-order valence-corrected chi connectivity index (χ2v) is 7.01. The molecule has 1 aliphatic carbocycles. The Bertz CT molecular complexity index is 785. The van der Waals surface area contributed by atoms with Gasteiger partial charge in [-0.15, -0.1) is 0 Å². The molecule has 0 unspecified atom stereocenters. The van der Waals surface area contributed by atoms with Gasteiger partial charge in [0.2, 0.25) is 0 Å². The predicted octanol–water partition coefficient (Wildman–Crippen LogP) is 3.68. The molecule has 1 aliphatic heterocycles. The summed E-state index contributed by atoms with van der Waals surface area (Å²) in [6.45, 7) is 1.36. The van der Waals surface area contributed by atoms with Crippen LogP contribution >= 0.6 is 11.6 Å². The largest absolute Gasteiger partial charge is 0.376 e. The minimum Gasteiger partial charge on any atom is -0.376 e. The van der Waals surface area contributed by atoms with Gasteiger partial charge < -0.3 is 10.1 Å². The number of benzene rings is 1. The maximum atomic E-state index is 12.4. The van der Waals surface area contributed by atoms with Crippen molar-refractivity contribution in [2.75, 3.05) is 13.2 Å². The number of amides is 1. The molecule has 1 saturated heterocycles. The number of carbonyl (C=O) groups excluding carboxylic acids is 1. The van der Waals surface area contributed by atoms with Crippen LogP contribution in [0.15, 0.2) is 18.2 Å². The zero-order valence-corrected chi connectivity index (χ0v) is 14.4. The third-order valence-corrected chi connectivity index (χ3v) is 5.40. The summed E-state index contributed by atoms with van der Waals surface area (Å²) >= 11 is 6.58. The minimum absolute atomic E-state index is 0.0805. The van der Waals surface area contributed by atoms with E-state index >= 15 is 0 Å². The predicted molar refractivity (Wildman–Crippen MR) is 94.7 cm³/mol. The highest BCUT2D eigenvalue weighted by Crippen LogP contribution is 2.33. The summed E-state index contributed by atoms with van der Waals surface area (Å²) < 4.78 is 5.54. The molecule has 0 saturated carbocycles. The van der Waals surface area contributed by atoms with Gasteiger partial charge >= 0.3 is 0 Å². The van der Waals surface area contributed by atoms with E-state index in [0.29, 0.717) is 12.1 Å². The van der Waals surface area contributed by atoms with Crippen LogP contribution in [0.1, 0.15) is 47.3 Å². The lowest BCUT2D eigenvalue weighted by Gasteiger charge is -2.18. The van der Waals surface area contributed by atoms with E-state index in [1.807, 2.05) is 18.2 Å². The van der Waals surface area contributed by atoms with Crippen molar-refractivity contribution in [2.45, 2.75) is 44.6 Å². The second kappa shape index (κ2) is 6.69. The van der Waals surface area contributed by atoms with Gasteiger partial charge in [-0.25, -0.2) is 0 Å². The molecule has 1 atom stereocenters. The highest BCUT2D eigenvalue weighted by atomic mass is 35.5. The van der Waals surface area contributed by atoms with E-state index in [4.69, 9.17) is 21.3 Å². The smallest absolute Gasteiger partial charge is 0.251 e. The van der Waals surface area contributed by atoms with Crippen LogP contribution in [0, 0.1) is 0 Å². The Morgan fingerprint density at radius 1 is 1.29 bits per heavy atom. The number of pyridine rings is 1. The molecule has 2 aromatic rings. The van der Waals surface area contributed by atoms with Crippen LogP contribution < -0.4 is 5.32 Å². The standard InChI is InChI=1S/C19H21ClN2O2/c20-18-14-5-1-2-6-16(14)22-17-10-12(7-8-15(17)18)19(23)21-11-13-4-3-9-24-13/h7-8,10,13H,1-6,9,11H2,(H,21,23)/t13-/m0/s1. The van der Waals surface area contributed by atoms with Crippen molar-refractivity contribution < 1.29 is 9.53 Å². The lowest BCUT2D eigenvalue weighted by Crippen LogP contribution is -2.31. The van der Waals surface area contributed by atoms with Gasteiger partial charge in [0.25, 0.3) is 5.91 Å². The summed E-state index contributed by atoms with van der Waals surface area (Å²) in [6, 6.07) is 5.59. The SMILES string of the molecule is O=C(NC[C@@H]1CCCO1)c1ccc2c(Cl)c3c(nc2c1)CCCC3. The van der Waals surface area contributed by atoms with Crippen LogP contribution in [-0.4, -0.2) is 30.1 Å². The molecule has 2 aliphatic rings. The number of ether oxygens (including phenoxy) is 1. The Hall–Kier alpha value is -1.65. The van der Waals surface area contributed by atoms with Crippen LogP contribution in [-0.2, 0) is 17.6 Å². The third kappa shape index (κ3) is 3.01. The number of fused-ring (bicyclic) bond motifs is 2. The molecule has 1 aromatic carbocycles. The first-order valence-corrected chi connectivity index (χ1v) is 9.11. The number of aryl methyl sites for hydroxylation is 1. The van der Waals surface area contributed by atoms with E-state index < -0.39 is 0 Å². The zero-order chi connectivity index (χ0) is 16.5. The van der Waals surface area contributed by atoms with Gasteiger partial charge in [0.1, 0.15) is 0 Å². The first-order valence-electron chi connectivity index (χ1n) is 8.73. The third-order valence-electron chi connectivity index (χ3n) is 4.97. The fourth-order valence-electron chi connectivity index (χ4n) is 3.62. The normalized spacial score (nSPS) is 20.1. The molecule has 5 heteroatoms. The molecule has 4 nitrogen and oxygen atoms in total. The number of rotatable bonds is 3. The van der Waals surface area contributed by atoms with Gasteiger partial charge in [-0.05, 0) is 56.2 Å². The summed E-state index contributed by atoms with van der Waals surface area (Å²) in [4.78, 5) is 17.2. The van der Waals surface area contributed by atoms with Crippen LogP contribution in [0.2, 0.25) is 5.02 Å². The fourth-order valence-corrected chi connectivity index (χ4v) is 3.99. The Balaban J connectivity index is 1.59. The molecule has 126 valence electrons. The monoisotopic (exact) mass is 344 g/mol. The van der Waals surface area contributed by atoms with Gasteiger partial charge in [0.15, 0.2) is 0 Å². The Morgan fingerprint density at radius 2 is 2.17 bits per heavy atom. The molecular formula is C19H21ClN2O2. The summed E-state index contributed by atoms with van der Waals surface area (Å²) in [7, 11) is 0. The fraction of sp³-hybridized carbons (Fsp3) is 0.474. The molecular weight excluding hydrogens is 324 g/mol. The number of aromatic nitrogens is 1. The van der Waals surface area contributed by atoms with Crippen molar-refractivity contribution in [1.29, 1.82) is 0 Å². The van der Waals surface area contributed by atoms with Gasteiger partial charge in [-0.2, -0.15) is 0 Å². The van der Waals surface area contributed by atoms with Gasteiger partial charge in [-0.3, -0.25) is 9.78 Å². The summed E-state index contributed by atoms with van der Waals surface area (Å²) in [5.74, 6) is -0.0805. The van der Waals surface area contributed by atoms with Gasteiger partial charge in [0.05, 0.1) is 16.6 Å². The molecule has 1 N–H and O–H groups in total. The van der Waals surface area contributed by atoms with E-state index in [1.165, 1.54) is 12.0 Å². The zero-order valence-electron chi connectivity index (χ0n) is 13.6. The molecule has 1 amide bonds. The van der Waals surface area contributed by atoms with Crippen molar-refractivity contribution in [3.63, 3.8) is 0 Å². The maximum absolute atomic E-state index is 12.4. The molecule has 2 heterocycles. The second-order valence-electron chi connectivity index (χ2n) is 6.64. The molecule has 1 fully saturated rings. The summed E-state index contributed by atoms with van der Waals surface area (Å²) in [5, 5.41) is 4.70. The van der Waals surface area contributed by atoms with Crippen molar-refractivity contribution in [3.05, 3.63) is 40.0 Å². The number of halogens is 1. The van der Waals surface area contributed by atoms with Crippen LogP contribution in [0.5, 0.6) is 0 Å². The van der Waals surface area contributed by atoms with E-state index in [0.717, 1.165) is 60.3 Å². The topological polar surface area (TPSA) is 51.2 Å². The van der Waals surface area contributed by atoms with Crippen molar-refractivity contribution in [2.24, 2.45) is 0 Å². The summed E-state index contributed by atoms with van der Waals surface area (Å²) in [6.07, 6.45) is 6.54. The lowest BCUT2D eigenvalue weighted by molar-refractivity contribution is 0.0858. The van der Waals surface area contributed by atoms with Gasteiger partial charge in [-0.1, -0.05) is 17.7 Å². The number of hydrogen-bond donors (Lipinski definition) is 1. The first-order chi connectivity index (χ1) is 11.7. The average molecular weight is 345 g/mol. The highest BCUT2D eigenvalue weighted by molar-refractivity contribution is 6.36. The van der Waals surface area contributed by atoms with Crippen LogP contribution in [0.4, 0.5) is 0 Å². The van der Waals surface area contributed by atoms with Crippen molar-refractivity contribution >= 4 is 28.4 Å². The van der Waals surface area contributed by atoms with E-state index in [-0.39, 0.29) is 12.0 Å². The molecule has 0 bridgehead atoms. The minimum atomic E-state index is -0.0805. The summed E-state index contributed by atoms with van der Waals surface area (Å²) in [5.41, 5.74) is 3.71. The molecule has 1 aromatic heterocycles. The Kier molecular flexibility index (Phi) is 4.42. The van der Waals surface area contributed by atoms with E-state index in [1.54, 1.807) is 0 Å². The average Bonchev–Trinajstić information content (AvgIpc) is 3.13. The maximum Gasteiger partial charge on any atom is 0.251 e. The molecule has 0 radical (unpaired) electrons. The number of nitrogens with zero attached hydrogens (tertiary/aromatic N) is 1. The Labute approximate surface area is 146 Å². The number of nitrogens with one attached hydrogen (secondary N) is 1. The number of carbonyl (C=O) groups is 1. The van der Waals surface area contributed by atoms with E-state index in [9.17, 15) is 4.79 Å². The van der Waals surface area contributed by atoms with Crippen LogP contribution in [0.3, 0.4) is 0 Å². The Morgan fingerprint density at radius 3 is 3.00 bits per heavy atom. The number of hydrogen-bond acceptors (Lipinski definition) is 3. The molecule has 4 rings (SSSR count). The van der Waals surface area contributed by atoms with Crippen molar-refractivity contribution in [3.8, 4) is 0 Å².